The van der Waals surface area contributed by atoms with E-state index in [0.29, 0.717) is 0 Å². The Labute approximate surface area is 130 Å². The smallest absolute Gasteiger partial charge is 0.167 e. The maximum atomic E-state index is 5.94. The molecule has 3 heterocycles. The van der Waals surface area contributed by atoms with Gasteiger partial charge in [0.15, 0.2) is 17.0 Å². The van der Waals surface area contributed by atoms with Gasteiger partial charge in [-0.3, -0.25) is 4.57 Å². The lowest BCUT2D eigenvalue weighted by atomic mass is 10.2. The van der Waals surface area contributed by atoms with Crippen molar-refractivity contribution in [3.05, 3.63) is 24.8 Å². The highest BCUT2D eigenvalue weighted by molar-refractivity contribution is 5.82. The minimum atomic E-state index is 0.0330. The number of ether oxygens (including phenoxy) is 1. The van der Waals surface area contributed by atoms with Gasteiger partial charge in [-0.25, -0.2) is 15.0 Å². The van der Waals surface area contributed by atoms with Crippen LogP contribution in [0.2, 0.25) is 0 Å². The van der Waals surface area contributed by atoms with Crippen molar-refractivity contribution in [1.29, 1.82) is 0 Å². The van der Waals surface area contributed by atoms with Gasteiger partial charge in [0.25, 0.3) is 0 Å². The van der Waals surface area contributed by atoms with E-state index in [0.717, 1.165) is 55.0 Å². The summed E-state index contributed by atoms with van der Waals surface area (Å²) in [7, 11) is 0. The summed E-state index contributed by atoms with van der Waals surface area (Å²) in [6.07, 6.45) is 8.90. The van der Waals surface area contributed by atoms with E-state index in [9.17, 15) is 0 Å². The molecule has 6 heteroatoms. The first kappa shape index (κ1) is 15.0. The molecule has 22 heavy (non-hydrogen) atoms. The van der Waals surface area contributed by atoms with Crippen LogP contribution >= 0.6 is 0 Å². The molecule has 1 saturated heterocycles. The lowest BCUT2D eigenvalue weighted by molar-refractivity contribution is 0.00934. The fraction of sp³-hybridized carbons (Fsp3) is 0.562. The van der Waals surface area contributed by atoms with Crippen molar-refractivity contribution in [3.63, 3.8) is 0 Å². The molecule has 0 bridgehead atoms. The zero-order chi connectivity index (χ0) is 15.4. The highest BCUT2D eigenvalue weighted by Crippen LogP contribution is 2.26. The number of hydrogen-bond acceptors (Lipinski definition) is 5. The average Bonchev–Trinajstić information content (AvgIpc) is 2.75. The number of nitrogens with one attached hydrogen (secondary N) is 1. The topological polar surface area (TPSA) is 64.9 Å². The van der Waals surface area contributed by atoms with Crippen molar-refractivity contribution in [2.75, 3.05) is 18.5 Å². The number of hydrogen-bond donors (Lipinski definition) is 1. The van der Waals surface area contributed by atoms with Crippen LogP contribution in [0.25, 0.3) is 11.2 Å². The highest BCUT2D eigenvalue weighted by Gasteiger charge is 2.19. The second kappa shape index (κ2) is 6.87. The molecule has 0 radical (unpaired) electrons. The molecule has 0 saturated carbocycles. The van der Waals surface area contributed by atoms with Crippen LogP contribution in [0, 0.1) is 0 Å². The maximum absolute atomic E-state index is 5.94. The second-order valence-corrected chi connectivity index (χ2v) is 5.85. The van der Waals surface area contributed by atoms with Gasteiger partial charge in [-0.15, -0.1) is 6.58 Å². The molecule has 1 fully saturated rings. The van der Waals surface area contributed by atoms with Crippen LogP contribution in [0.1, 0.15) is 45.3 Å². The summed E-state index contributed by atoms with van der Waals surface area (Å²) >= 11 is 0. The molecule has 1 aliphatic heterocycles. The first-order valence-electron chi connectivity index (χ1n) is 7.93. The fourth-order valence-corrected chi connectivity index (χ4v) is 2.71. The van der Waals surface area contributed by atoms with E-state index in [-0.39, 0.29) is 6.23 Å². The Kier molecular flexibility index (Phi) is 4.68. The molecule has 118 valence electrons. The molecule has 6 nitrogen and oxygen atoms in total. The van der Waals surface area contributed by atoms with Gasteiger partial charge >= 0.3 is 0 Å². The maximum Gasteiger partial charge on any atom is 0.167 e. The molecule has 3 rings (SSSR count). The van der Waals surface area contributed by atoms with Gasteiger partial charge in [0, 0.05) is 13.2 Å². The van der Waals surface area contributed by atoms with Crippen LogP contribution in [-0.4, -0.2) is 32.7 Å². The van der Waals surface area contributed by atoms with E-state index in [2.05, 4.69) is 26.8 Å². The summed E-state index contributed by atoms with van der Waals surface area (Å²) in [5, 5.41) is 3.32. The second-order valence-electron chi connectivity index (χ2n) is 5.85. The third-order valence-corrected chi connectivity index (χ3v) is 3.92. The van der Waals surface area contributed by atoms with Crippen molar-refractivity contribution in [1.82, 2.24) is 19.5 Å². The van der Waals surface area contributed by atoms with E-state index in [1.54, 1.807) is 6.33 Å². The first-order chi connectivity index (χ1) is 10.8. The molecule has 2 aromatic heterocycles. The third-order valence-electron chi connectivity index (χ3n) is 3.92. The van der Waals surface area contributed by atoms with Gasteiger partial charge in [0.2, 0.25) is 0 Å². The first-order valence-corrected chi connectivity index (χ1v) is 7.93. The number of imidazole rings is 1. The third kappa shape index (κ3) is 3.27. The molecule has 0 amide bonds. The van der Waals surface area contributed by atoms with Crippen LogP contribution < -0.4 is 5.32 Å². The Balaban J connectivity index is 1.83. The minimum absolute atomic E-state index is 0.0330. The van der Waals surface area contributed by atoms with Gasteiger partial charge in [0.1, 0.15) is 12.6 Å². The summed E-state index contributed by atoms with van der Waals surface area (Å²) in [4.78, 5) is 13.2. The van der Waals surface area contributed by atoms with Crippen molar-refractivity contribution in [2.45, 2.75) is 45.3 Å². The monoisotopic (exact) mass is 301 g/mol. The largest absolute Gasteiger partial charge is 0.368 e. The van der Waals surface area contributed by atoms with Crippen LogP contribution in [0.4, 0.5) is 5.82 Å². The van der Waals surface area contributed by atoms with E-state index in [1.165, 1.54) is 12.8 Å². The van der Waals surface area contributed by atoms with Crippen LogP contribution in [0.3, 0.4) is 0 Å². The molecule has 1 aliphatic rings. The van der Waals surface area contributed by atoms with Gasteiger partial charge in [-0.05, 0) is 32.6 Å². The Bertz CT molecular complexity index is 643. The van der Waals surface area contributed by atoms with Crippen molar-refractivity contribution < 1.29 is 4.74 Å². The fourth-order valence-electron chi connectivity index (χ4n) is 2.71. The number of anilines is 1. The van der Waals surface area contributed by atoms with Gasteiger partial charge in [-0.2, -0.15) is 0 Å². The lowest BCUT2D eigenvalue weighted by Gasteiger charge is -2.16. The molecule has 2 aromatic rings. The number of aromatic nitrogens is 4. The number of fused-ring (bicyclic) bond motifs is 1. The lowest BCUT2D eigenvalue weighted by Crippen LogP contribution is -2.12. The molecule has 0 aliphatic carbocycles. The van der Waals surface area contributed by atoms with Crippen molar-refractivity contribution in [3.8, 4) is 0 Å². The Morgan fingerprint density at radius 3 is 3.14 bits per heavy atom. The standard InChI is InChI=1S/C16H23N5O/c1-12(2)7-8-17-15-14-16(19-10-18-15)21(11-20-14)13-6-4-3-5-9-22-13/h10-11,13H,1,3-9H2,2H3,(H,17,18,19). The summed E-state index contributed by atoms with van der Waals surface area (Å²) in [5.41, 5.74) is 2.78. The predicted octanol–water partition coefficient (Wildman–Crippen LogP) is 3.29. The SMILES string of the molecule is C=C(C)CCNc1ncnc2c1ncn2C1CCCCCO1. The van der Waals surface area contributed by atoms with E-state index in [1.807, 2.05) is 17.8 Å². The number of nitrogens with zero attached hydrogens (tertiary/aromatic N) is 4. The summed E-state index contributed by atoms with van der Waals surface area (Å²) < 4.78 is 7.97. The van der Waals surface area contributed by atoms with Crippen LogP contribution in [0.5, 0.6) is 0 Å². The van der Waals surface area contributed by atoms with E-state index < -0.39 is 0 Å². The van der Waals surface area contributed by atoms with Gasteiger partial charge < -0.3 is 10.1 Å². The summed E-state index contributed by atoms with van der Waals surface area (Å²) in [6.45, 7) is 7.54. The Morgan fingerprint density at radius 1 is 1.36 bits per heavy atom. The van der Waals surface area contributed by atoms with Gasteiger partial charge in [0.05, 0.1) is 6.33 Å². The van der Waals surface area contributed by atoms with E-state index >= 15 is 0 Å². The zero-order valence-corrected chi connectivity index (χ0v) is 13.1. The number of rotatable bonds is 5. The van der Waals surface area contributed by atoms with Crippen LogP contribution in [0.15, 0.2) is 24.8 Å². The van der Waals surface area contributed by atoms with Crippen LogP contribution in [-0.2, 0) is 4.74 Å². The molecule has 0 spiro atoms. The average molecular weight is 301 g/mol. The molecular weight excluding hydrogens is 278 g/mol. The Hall–Kier alpha value is -1.95. The van der Waals surface area contributed by atoms with Crippen molar-refractivity contribution in [2.24, 2.45) is 0 Å². The zero-order valence-electron chi connectivity index (χ0n) is 13.1. The van der Waals surface area contributed by atoms with Gasteiger partial charge in [-0.1, -0.05) is 12.0 Å². The molecule has 1 unspecified atom stereocenters. The summed E-state index contributed by atoms with van der Waals surface area (Å²) in [6, 6.07) is 0. The minimum Gasteiger partial charge on any atom is -0.368 e. The quantitative estimate of drug-likeness (QED) is 0.858. The summed E-state index contributed by atoms with van der Waals surface area (Å²) in [5.74, 6) is 0.777. The van der Waals surface area contributed by atoms with E-state index in [4.69, 9.17) is 4.74 Å². The Morgan fingerprint density at radius 2 is 2.27 bits per heavy atom. The molecule has 0 aromatic carbocycles. The highest BCUT2D eigenvalue weighted by atomic mass is 16.5. The van der Waals surface area contributed by atoms with Crippen molar-refractivity contribution >= 4 is 17.0 Å². The normalized spacial score (nSPS) is 19.0. The predicted molar refractivity (Wildman–Crippen MR) is 86.7 cm³/mol. The molecule has 1 N–H and O–H groups in total. The molecule has 1 atom stereocenters. The molecular formula is C16H23N5O.